The molecule has 32 heavy (non-hydrogen) atoms. The molecular formula is C27H27NO4. The van der Waals surface area contributed by atoms with Crippen molar-refractivity contribution < 1.29 is 19.4 Å². The van der Waals surface area contributed by atoms with E-state index in [0.29, 0.717) is 35.7 Å². The van der Waals surface area contributed by atoms with Gasteiger partial charge in [-0.2, -0.15) is 0 Å². The maximum absolute atomic E-state index is 13.3. The molecule has 0 saturated carbocycles. The molecule has 1 N–H and O–H groups in total. The molecule has 0 spiro atoms. The summed E-state index contributed by atoms with van der Waals surface area (Å²) < 4.78 is 5.42. The number of hydrogen-bond acceptors (Lipinski definition) is 4. The minimum absolute atomic E-state index is 0.287. The number of carbonyl (C=O) groups is 2. The molecule has 4 rings (SSSR count). The Morgan fingerprint density at radius 3 is 2.38 bits per heavy atom. The first-order valence-corrected chi connectivity index (χ1v) is 11.0. The van der Waals surface area contributed by atoms with Crippen LogP contribution in [0, 0.1) is 0 Å². The van der Waals surface area contributed by atoms with Crippen molar-refractivity contribution >= 4 is 17.4 Å². The third-order valence-corrected chi connectivity index (χ3v) is 5.83. The number of ether oxygens (including phenoxy) is 1. The number of carbonyl (C=O) groups excluding carboxylic acids is 2. The van der Waals surface area contributed by atoms with Gasteiger partial charge in [0.2, 0.25) is 0 Å². The average Bonchev–Trinajstić information content (AvgIpc) is 3.02. The molecule has 1 amide bonds. The Labute approximate surface area is 188 Å². The van der Waals surface area contributed by atoms with Crippen molar-refractivity contribution in [1.82, 2.24) is 0 Å². The van der Waals surface area contributed by atoms with Crippen LogP contribution < -0.4 is 9.64 Å². The van der Waals surface area contributed by atoms with E-state index in [1.807, 2.05) is 37.3 Å². The van der Waals surface area contributed by atoms with E-state index in [2.05, 4.69) is 12.1 Å². The van der Waals surface area contributed by atoms with Crippen molar-refractivity contribution in [2.75, 3.05) is 18.1 Å². The quantitative estimate of drug-likeness (QED) is 0.508. The van der Waals surface area contributed by atoms with E-state index in [0.717, 1.165) is 12.8 Å². The number of para-hydroxylation sites is 1. The molecular weight excluding hydrogens is 402 g/mol. The van der Waals surface area contributed by atoms with Crippen molar-refractivity contribution in [2.45, 2.75) is 31.8 Å². The highest BCUT2D eigenvalue weighted by atomic mass is 16.5. The number of aryl methyl sites for hydroxylation is 1. The standard InChI is InChI=1S/C27H27NO4/c1-2-32-22-16-14-21(15-17-22)25(29)19-27(31)23-12-6-7-13-24(23)28(26(27)30)18-8-11-20-9-4-3-5-10-20/h3-7,9-10,12-17,31H,2,8,11,18-19H2,1H3. The van der Waals surface area contributed by atoms with Crippen LogP contribution in [0.1, 0.15) is 41.3 Å². The number of fused-ring (bicyclic) bond motifs is 1. The van der Waals surface area contributed by atoms with Gasteiger partial charge in [-0.25, -0.2) is 0 Å². The molecule has 3 aromatic carbocycles. The van der Waals surface area contributed by atoms with Gasteiger partial charge < -0.3 is 14.7 Å². The van der Waals surface area contributed by atoms with Crippen LogP contribution in [0.25, 0.3) is 0 Å². The lowest BCUT2D eigenvalue weighted by atomic mass is 9.88. The summed E-state index contributed by atoms with van der Waals surface area (Å²) in [6, 6.07) is 24.1. The van der Waals surface area contributed by atoms with E-state index in [4.69, 9.17) is 4.74 Å². The van der Waals surface area contributed by atoms with E-state index < -0.39 is 11.5 Å². The Morgan fingerprint density at radius 1 is 0.969 bits per heavy atom. The lowest BCUT2D eigenvalue weighted by molar-refractivity contribution is -0.135. The van der Waals surface area contributed by atoms with Gasteiger partial charge in [0.15, 0.2) is 11.4 Å². The zero-order valence-electron chi connectivity index (χ0n) is 18.2. The highest BCUT2D eigenvalue weighted by molar-refractivity contribution is 6.10. The number of nitrogens with zero attached hydrogens (tertiary/aromatic N) is 1. The van der Waals surface area contributed by atoms with Gasteiger partial charge in [-0.15, -0.1) is 0 Å². The summed E-state index contributed by atoms with van der Waals surface area (Å²) in [6.45, 7) is 2.91. The van der Waals surface area contributed by atoms with Gasteiger partial charge >= 0.3 is 0 Å². The number of anilines is 1. The smallest absolute Gasteiger partial charge is 0.264 e. The summed E-state index contributed by atoms with van der Waals surface area (Å²) in [5.41, 5.74) is 0.943. The highest BCUT2D eigenvalue weighted by Crippen LogP contribution is 2.43. The molecule has 0 saturated heterocycles. The molecule has 1 heterocycles. The van der Waals surface area contributed by atoms with Gasteiger partial charge in [-0.1, -0.05) is 48.5 Å². The third kappa shape index (κ3) is 4.30. The Kier molecular flexibility index (Phi) is 6.37. The summed E-state index contributed by atoms with van der Waals surface area (Å²) in [4.78, 5) is 27.9. The first kappa shape index (κ1) is 21.8. The van der Waals surface area contributed by atoms with Gasteiger partial charge in [-0.3, -0.25) is 9.59 Å². The van der Waals surface area contributed by atoms with Crippen molar-refractivity contribution in [1.29, 1.82) is 0 Å². The van der Waals surface area contributed by atoms with E-state index in [1.165, 1.54) is 5.56 Å². The molecule has 0 fully saturated rings. The predicted molar refractivity (Wildman–Crippen MR) is 124 cm³/mol. The molecule has 0 radical (unpaired) electrons. The SMILES string of the molecule is CCOc1ccc(C(=O)CC2(O)C(=O)N(CCCc3ccccc3)c3ccccc32)cc1. The Bertz CT molecular complexity index is 1090. The van der Waals surface area contributed by atoms with Crippen molar-refractivity contribution in [3.63, 3.8) is 0 Å². The number of benzene rings is 3. The fourth-order valence-electron chi connectivity index (χ4n) is 4.22. The van der Waals surface area contributed by atoms with Gasteiger partial charge in [-0.05, 0) is 55.7 Å². The summed E-state index contributed by atoms with van der Waals surface area (Å²) in [5, 5.41) is 11.4. The van der Waals surface area contributed by atoms with Crippen molar-refractivity contribution in [3.8, 4) is 5.75 Å². The minimum atomic E-state index is -1.86. The average molecular weight is 430 g/mol. The number of amides is 1. The van der Waals surface area contributed by atoms with E-state index in [-0.39, 0.29) is 12.2 Å². The molecule has 0 aromatic heterocycles. The predicted octanol–water partition coefficient (Wildman–Crippen LogP) is 4.53. The molecule has 3 aromatic rings. The largest absolute Gasteiger partial charge is 0.494 e. The normalized spacial score (nSPS) is 17.3. The van der Waals surface area contributed by atoms with Crippen LogP contribution in [0.2, 0.25) is 0 Å². The molecule has 0 bridgehead atoms. The second-order valence-corrected chi connectivity index (χ2v) is 7.98. The van der Waals surface area contributed by atoms with Crippen LogP contribution in [0.3, 0.4) is 0 Å². The van der Waals surface area contributed by atoms with Crippen LogP contribution in [0.5, 0.6) is 5.75 Å². The minimum Gasteiger partial charge on any atom is -0.494 e. The molecule has 1 aliphatic rings. The molecule has 1 atom stereocenters. The topological polar surface area (TPSA) is 66.8 Å². The van der Waals surface area contributed by atoms with Gasteiger partial charge in [0.05, 0.1) is 18.7 Å². The first-order valence-electron chi connectivity index (χ1n) is 11.0. The Hall–Kier alpha value is -3.44. The fourth-order valence-corrected chi connectivity index (χ4v) is 4.22. The van der Waals surface area contributed by atoms with Crippen LogP contribution >= 0.6 is 0 Å². The monoisotopic (exact) mass is 429 g/mol. The van der Waals surface area contributed by atoms with Crippen LogP contribution in [-0.2, 0) is 16.8 Å². The van der Waals surface area contributed by atoms with Crippen LogP contribution in [0.15, 0.2) is 78.9 Å². The Balaban J connectivity index is 1.51. The van der Waals surface area contributed by atoms with Crippen LogP contribution in [-0.4, -0.2) is 29.9 Å². The highest BCUT2D eigenvalue weighted by Gasteiger charge is 2.50. The number of rotatable bonds is 9. The van der Waals surface area contributed by atoms with E-state index in [9.17, 15) is 14.7 Å². The van der Waals surface area contributed by atoms with Gasteiger partial charge in [0, 0.05) is 17.7 Å². The lowest BCUT2D eigenvalue weighted by Gasteiger charge is -2.23. The van der Waals surface area contributed by atoms with E-state index in [1.54, 1.807) is 41.3 Å². The summed E-state index contributed by atoms with van der Waals surface area (Å²) in [6.07, 6.45) is 1.29. The molecule has 1 aliphatic heterocycles. The second kappa shape index (κ2) is 9.37. The van der Waals surface area contributed by atoms with Gasteiger partial charge in [0.1, 0.15) is 5.75 Å². The lowest BCUT2D eigenvalue weighted by Crippen LogP contribution is -2.42. The van der Waals surface area contributed by atoms with Crippen molar-refractivity contribution in [3.05, 3.63) is 95.6 Å². The fraction of sp³-hybridized carbons (Fsp3) is 0.259. The van der Waals surface area contributed by atoms with E-state index >= 15 is 0 Å². The summed E-state index contributed by atoms with van der Waals surface area (Å²) in [7, 11) is 0. The number of aliphatic hydroxyl groups is 1. The maximum Gasteiger partial charge on any atom is 0.264 e. The summed E-state index contributed by atoms with van der Waals surface area (Å²) in [5.74, 6) is -0.0504. The van der Waals surface area contributed by atoms with Crippen LogP contribution in [0.4, 0.5) is 5.69 Å². The number of Topliss-reactive ketones (excluding diaryl/α,β-unsaturated/α-hetero) is 1. The number of ketones is 1. The zero-order chi connectivity index (χ0) is 22.6. The molecule has 1 unspecified atom stereocenters. The molecule has 5 nitrogen and oxygen atoms in total. The number of hydrogen-bond donors (Lipinski definition) is 1. The van der Waals surface area contributed by atoms with Crippen molar-refractivity contribution in [2.24, 2.45) is 0 Å². The van der Waals surface area contributed by atoms with Gasteiger partial charge in [0.25, 0.3) is 5.91 Å². The molecule has 5 heteroatoms. The Morgan fingerprint density at radius 2 is 1.66 bits per heavy atom. The first-order chi connectivity index (χ1) is 15.5. The zero-order valence-corrected chi connectivity index (χ0v) is 18.2. The third-order valence-electron chi connectivity index (χ3n) is 5.83. The maximum atomic E-state index is 13.3. The molecule has 164 valence electrons. The summed E-state index contributed by atoms with van der Waals surface area (Å²) >= 11 is 0. The second-order valence-electron chi connectivity index (χ2n) is 7.98. The molecule has 0 aliphatic carbocycles.